The second kappa shape index (κ2) is 7.51. The van der Waals surface area contributed by atoms with Gasteiger partial charge in [-0.25, -0.2) is 9.37 Å². The summed E-state index contributed by atoms with van der Waals surface area (Å²) in [5.41, 5.74) is 2.08. The molecule has 3 rings (SSSR count). The molecular formula is C22H26FN3O. The van der Waals surface area contributed by atoms with E-state index in [1.165, 1.54) is 12.1 Å². The summed E-state index contributed by atoms with van der Waals surface area (Å²) in [5, 5.41) is 3.01. The molecule has 0 radical (unpaired) electrons. The number of imidazole rings is 1. The standard InChI is InChI=1S/C22H26FN3O/c1-15(14-22(2,3)4)12-19(27)25-21-20(16-8-7-9-17(23)13-16)24-18-10-5-6-11-26(18)21/h5-11,13,15H,12,14H2,1-4H3,(H,25,27)/t15-/m1/s1. The molecule has 1 amide bonds. The molecule has 3 aromatic rings. The highest BCUT2D eigenvalue weighted by atomic mass is 19.1. The zero-order valence-corrected chi connectivity index (χ0v) is 16.3. The first-order valence-electron chi connectivity index (χ1n) is 9.26. The normalized spacial score (nSPS) is 12.9. The van der Waals surface area contributed by atoms with Crippen molar-refractivity contribution in [1.29, 1.82) is 0 Å². The Balaban J connectivity index is 1.91. The Morgan fingerprint density at radius 2 is 2.00 bits per heavy atom. The Morgan fingerprint density at radius 1 is 1.22 bits per heavy atom. The summed E-state index contributed by atoms with van der Waals surface area (Å²) in [4.78, 5) is 17.3. The number of hydrogen-bond acceptors (Lipinski definition) is 2. The lowest BCUT2D eigenvalue weighted by atomic mass is 9.84. The molecule has 5 heteroatoms. The van der Waals surface area contributed by atoms with Crippen molar-refractivity contribution >= 4 is 17.4 Å². The van der Waals surface area contributed by atoms with E-state index in [1.807, 2.05) is 28.8 Å². The molecule has 0 bridgehead atoms. The van der Waals surface area contributed by atoms with E-state index in [2.05, 4.69) is 38.0 Å². The number of nitrogens with one attached hydrogen (secondary N) is 1. The molecule has 0 aliphatic heterocycles. The van der Waals surface area contributed by atoms with Gasteiger partial charge in [0.05, 0.1) is 0 Å². The Bertz CT molecular complexity index is 956. The summed E-state index contributed by atoms with van der Waals surface area (Å²) in [6.45, 7) is 8.61. The molecule has 27 heavy (non-hydrogen) atoms. The molecule has 4 nitrogen and oxygen atoms in total. The first kappa shape index (κ1) is 19.1. The molecule has 2 heterocycles. The van der Waals surface area contributed by atoms with Crippen LogP contribution in [0.5, 0.6) is 0 Å². The number of halogens is 1. The van der Waals surface area contributed by atoms with Crippen molar-refractivity contribution < 1.29 is 9.18 Å². The maximum Gasteiger partial charge on any atom is 0.225 e. The lowest BCUT2D eigenvalue weighted by Crippen LogP contribution is -2.19. The van der Waals surface area contributed by atoms with Gasteiger partial charge in [-0.1, -0.05) is 45.9 Å². The van der Waals surface area contributed by atoms with Gasteiger partial charge in [-0.05, 0) is 42.0 Å². The predicted molar refractivity (Wildman–Crippen MR) is 107 cm³/mol. The van der Waals surface area contributed by atoms with Gasteiger partial charge in [-0.15, -0.1) is 0 Å². The average molecular weight is 367 g/mol. The van der Waals surface area contributed by atoms with Crippen molar-refractivity contribution in [3.63, 3.8) is 0 Å². The topological polar surface area (TPSA) is 46.4 Å². The quantitative estimate of drug-likeness (QED) is 0.643. The van der Waals surface area contributed by atoms with Crippen LogP contribution in [0.15, 0.2) is 48.7 Å². The van der Waals surface area contributed by atoms with Crippen molar-refractivity contribution in [2.75, 3.05) is 5.32 Å². The maximum atomic E-state index is 13.7. The number of benzene rings is 1. The van der Waals surface area contributed by atoms with Gasteiger partial charge in [0, 0.05) is 18.2 Å². The van der Waals surface area contributed by atoms with E-state index in [-0.39, 0.29) is 23.1 Å². The summed E-state index contributed by atoms with van der Waals surface area (Å²) in [5.74, 6) is 0.446. The van der Waals surface area contributed by atoms with Gasteiger partial charge in [-0.2, -0.15) is 0 Å². The zero-order chi connectivity index (χ0) is 19.6. The third-order valence-electron chi connectivity index (χ3n) is 4.38. The Hall–Kier alpha value is -2.69. The summed E-state index contributed by atoms with van der Waals surface area (Å²) in [6.07, 6.45) is 3.24. The smallest absolute Gasteiger partial charge is 0.225 e. The molecule has 0 aliphatic rings. The number of amides is 1. The van der Waals surface area contributed by atoms with Crippen LogP contribution in [0, 0.1) is 17.2 Å². The minimum atomic E-state index is -0.333. The Kier molecular flexibility index (Phi) is 5.31. The molecule has 1 atom stereocenters. The highest BCUT2D eigenvalue weighted by Crippen LogP contribution is 2.30. The average Bonchev–Trinajstić information content (AvgIpc) is 2.91. The van der Waals surface area contributed by atoms with Crippen LogP contribution in [0.3, 0.4) is 0 Å². The minimum Gasteiger partial charge on any atom is -0.310 e. The third kappa shape index (κ3) is 4.73. The van der Waals surface area contributed by atoms with Crippen LogP contribution < -0.4 is 5.32 Å². The number of anilines is 1. The van der Waals surface area contributed by atoms with Gasteiger partial charge in [0.1, 0.15) is 23.0 Å². The van der Waals surface area contributed by atoms with E-state index in [4.69, 9.17) is 0 Å². The number of carbonyl (C=O) groups excluding carboxylic acids is 1. The molecule has 0 fully saturated rings. The van der Waals surface area contributed by atoms with Crippen molar-refractivity contribution in [2.45, 2.75) is 40.5 Å². The molecule has 0 aliphatic carbocycles. The fraction of sp³-hybridized carbons (Fsp3) is 0.364. The highest BCUT2D eigenvalue weighted by Gasteiger charge is 2.20. The summed E-state index contributed by atoms with van der Waals surface area (Å²) in [7, 11) is 0. The predicted octanol–water partition coefficient (Wildman–Crippen LogP) is 5.54. The van der Waals surface area contributed by atoms with Crippen molar-refractivity contribution in [1.82, 2.24) is 9.38 Å². The Morgan fingerprint density at radius 3 is 2.70 bits per heavy atom. The second-order valence-electron chi connectivity index (χ2n) is 8.37. The molecule has 1 aromatic carbocycles. The van der Waals surface area contributed by atoms with Crippen LogP contribution in [0.25, 0.3) is 16.9 Å². The van der Waals surface area contributed by atoms with Crippen LogP contribution >= 0.6 is 0 Å². The SMILES string of the molecule is C[C@H](CC(=O)Nc1c(-c2cccc(F)c2)nc2ccccn12)CC(C)(C)C. The molecule has 0 spiro atoms. The molecular weight excluding hydrogens is 341 g/mol. The van der Waals surface area contributed by atoms with E-state index in [9.17, 15) is 9.18 Å². The third-order valence-corrected chi connectivity index (χ3v) is 4.38. The summed E-state index contributed by atoms with van der Waals surface area (Å²) < 4.78 is 15.5. The number of carbonyl (C=O) groups is 1. The molecule has 0 saturated heterocycles. The number of aromatic nitrogens is 2. The van der Waals surface area contributed by atoms with Gasteiger partial charge in [-0.3, -0.25) is 9.20 Å². The van der Waals surface area contributed by atoms with Crippen molar-refractivity contribution in [3.8, 4) is 11.3 Å². The van der Waals surface area contributed by atoms with E-state index in [0.29, 0.717) is 29.1 Å². The second-order valence-corrected chi connectivity index (χ2v) is 8.37. The molecule has 142 valence electrons. The van der Waals surface area contributed by atoms with Crippen molar-refractivity contribution in [3.05, 3.63) is 54.5 Å². The first-order valence-corrected chi connectivity index (χ1v) is 9.26. The van der Waals surface area contributed by atoms with Gasteiger partial charge in [0.25, 0.3) is 0 Å². The van der Waals surface area contributed by atoms with Crippen LogP contribution in [0.2, 0.25) is 0 Å². The fourth-order valence-corrected chi connectivity index (χ4v) is 3.57. The number of hydrogen-bond donors (Lipinski definition) is 1. The fourth-order valence-electron chi connectivity index (χ4n) is 3.57. The van der Waals surface area contributed by atoms with Gasteiger partial charge >= 0.3 is 0 Å². The first-order chi connectivity index (χ1) is 12.7. The van der Waals surface area contributed by atoms with E-state index in [0.717, 1.165) is 6.42 Å². The van der Waals surface area contributed by atoms with Crippen LogP contribution in [0.4, 0.5) is 10.2 Å². The summed E-state index contributed by atoms with van der Waals surface area (Å²) >= 11 is 0. The number of rotatable bonds is 5. The zero-order valence-electron chi connectivity index (χ0n) is 16.3. The van der Waals surface area contributed by atoms with Gasteiger partial charge < -0.3 is 5.32 Å². The maximum absolute atomic E-state index is 13.7. The number of nitrogens with zero attached hydrogens (tertiary/aromatic N) is 2. The minimum absolute atomic E-state index is 0.0601. The van der Waals surface area contributed by atoms with E-state index >= 15 is 0 Å². The van der Waals surface area contributed by atoms with Gasteiger partial charge in [0.2, 0.25) is 5.91 Å². The van der Waals surface area contributed by atoms with E-state index in [1.54, 1.807) is 12.1 Å². The molecule has 0 unspecified atom stereocenters. The van der Waals surface area contributed by atoms with Crippen molar-refractivity contribution in [2.24, 2.45) is 11.3 Å². The lowest BCUT2D eigenvalue weighted by molar-refractivity contribution is -0.117. The van der Waals surface area contributed by atoms with Gasteiger partial charge in [0.15, 0.2) is 0 Å². The monoisotopic (exact) mass is 367 g/mol. The largest absolute Gasteiger partial charge is 0.310 e. The van der Waals surface area contributed by atoms with Crippen LogP contribution in [-0.4, -0.2) is 15.3 Å². The lowest BCUT2D eigenvalue weighted by Gasteiger charge is -2.22. The van der Waals surface area contributed by atoms with Crippen LogP contribution in [0.1, 0.15) is 40.5 Å². The molecule has 0 saturated carbocycles. The molecule has 2 aromatic heterocycles. The van der Waals surface area contributed by atoms with Crippen LogP contribution in [-0.2, 0) is 4.79 Å². The number of fused-ring (bicyclic) bond motifs is 1. The Labute approximate surface area is 159 Å². The molecule has 1 N–H and O–H groups in total. The highest BCUT2D eigenvalue weighted by molar-refractivity contribution is 5.94. The van der Waals surface area contributed by atoms with E-state index < -0.39 is 0 Å². The number of pyridine rings is 1. The summed E-state index contributed by atoms with van der Waals surface area (Å²) in [6, 6.07) is 11.9.